The zero-order valence-corrected chi connectivity index (χ0v) is 11.8. The molecule has 1 fully saturated rings. The average Bonchev–Trinajstić information content (AvgIpc) is 2.57. The van der Waals surface area contributed by atoms with Crippen LogP contribution in [-0.2, 0) is 0 Å². The van der Waals surface area contributed by atoms with Crippen molar-refractivity contribution in [3.63, 3.8) is 0 Å². The Labute approximate surface area is 107 Å². The minimum Gasteiger partial charge on any atom is -0.391 e. The highest BCUT2D eigenvalue weighted by molar-refractivity contribution is 5.01. The molecule has 0 aliphatic carbocycles. The third-order valence-electron chi connectivity index (χ3n) is 4.22. The van der Waals surface area contributed by atoms with E-state index in [1.165, 1.54) is 25.7 Å². The lowest BCUT2D eigenvalue weighted by atomic mass is 9.89. The van der Waals surface area contributed by atoms with Crippen molar-refractivity contribution in [1.29, 1.82) is 0 Å². The summed E-state index contributed by atoms with van der Waals surface area (Å²) in [5, 5.41) is 10.4. The van der Waals surface area contributed by atoms with Crippen LogP contribution in [0, 0.1) is 0 Å². The van der Waals surface area contributed by atoms with Gasteiger partial charge in [-0.25, -0.2) is 0 Å². The third kappa shape index (κ3) is 4.11. The van der Waals surface area contributed by atoms with Crippen LogP contribution in [0.5, 0.6) is 0 Å². The van der Waals surface area contributed by atoms with Gasteiger partial charge in [0.1, 0.15) is 0 Å². The molecule has 100 valence electrons. The van der Waals surface area contributed by atoms with Crippen LogP contribution in [0.1, 0.15) is 59.3 Å². The number of hydrogen-bond donors (Lipinski definition) is 1. The molecule has 1 rings (SSSR count). The highest BCUT2D eigenvalue weighted by atomic mass is 16.3. The summed E-state index contributed by atoms with van der Waals surface area (Å²) in [7, 11) is 0. The molecule has 0 aromatic rings. The zero-order valence-electron chi connectivity index (χ0n) is 11.8. The van der Waals surface area contributed by atoms with E-state index in [1.54, 1.807) is 0 Å². The van der Waals surface area contributed by atoms with E-state index in [2.05, 4.69) is 32.3 Å². The van der Waals surface area contributed by atoms with Crippen molar-refractivity contribution in [2.75, 3.05) is 13.1 Å². The number of aliphatic hydroxyl groups excluding tert-OH is 1. The van der Waals surface area contributed by atoms with E-state index in [-0.39, 0.29) is 11.6 Å². The molecule has 1 heterocycles. The fraction of sp³-hybridized carbons (Fsp3) is 0.867. The first-order chi connectivity index (χ1) is 7.98. The number of aliphatic hydroxyl groups is 1. The first kappa shape index (κ1) is 14.7. The molecule has 0 aromatic carbocycles. The molecule has 0 radical (unpaired) electrons. The maximum absolute atomic E-state index is 10.4. The number of likely N-dealkylation sites (tertiary alicyclic amines) is 1. The molecule has 2 nitrogen and oxygen atoms in total. The molecule has 0 spiro atoms. The van der Waals surface area contributed by atoms with Crippen LogP contribution < -0.4 is 0 Å². The molecular formula is C15H29NO. The van der Waals surface area contributed by atoms with Crippen LogP contribution in [0.2, 0.25) is 0 Å². The lowest BCUT2D eigenvalue weighted by Gasteiger charge is -2.41. The third-order valence-corrected chi connectivity index (χ3v) is 4.22. The summed E-state index contributed by atoms with van der Waals surface area (Å²) < 4.78 is 0. The normalized spacial score (nSPS) is 20.9. The summed E-state index contributed by atoms with van der Waals surface area (Å²) in [6.07, 6.45) is 6.62. The van der Waals surface area contributed by atoms with E-state index in [0.717, 1.165) is 31.5 Å². The van der Waals surface area contributed by atoms with Gasteiger partial charge >= 0.3 is 0 Å². The minimum absolute atomic E-state index is 0.123. The highest BCUT2D eigenvalue weighted by Crippen LogP contribution is 2.26. The number of hydrogen-bond acceptors (Lipinski definition) is 2. The molecule has 17 heavy (non-hydrogen) atoms. The van der Waals surface area contributed by atoms with Gasteiger partial charge in [-0.1, -0.05) is 31.9 Å². The first-order valence-electron chi connectivity index (χ1n) is 7.08. The van der Waals surface area contributed by atoms with Crippen LogP contribution >= 0.6 is 0 Å². The molecule has 1 aliphatic heterocycles. The Morgan fingerprint density at radius 1 is 1.24 bits per heavy atom. The second-order valence-corrected chi connectivity index (χ2v) is 5.88. The van der Waals surface area contributed by atoms with Crippen molar-refractivity contribution in [1.82, 2.24) is 4.90 Å². The lowest BCUT2D eigenvalue weighted by molar-refractivity contribution is -0.00806. The molecule has 2 heteroatoms. The largest absolute Gasteiger partial charge is 0.391 e. The fourth-order valence-electron chi connectivity index (χ4n) is 2.53. The van der Waals surface area contributed by atoms with Crippen molar-refractivity contribution in [3.05, 3.63) is 12.2 Å². The van der Waals surface area contributed by atoms with Crippen LogP contribution in [0.15, 0.2) is 12.2 Å². The molecule has 1 unspecified atom stereocenters. The standard InChI is InChI=1S/C15H29NO/c1-5-13(2)12-14(17)15(3,4)16-10-8-6-7-9-11-16/h14,17H,2,5-12H2,1,3-4H3. The fourth-order valence-corrected chi connectivity index (χ4v) is 2.53. The number of nitrogens with zero attached hydrogens (tertiary/aromatic N) is 1. The van der Waals surface area contributed by atoms with Crippen molar-refractivity contribution in [2.24, 2.45) is 0 Å². The maximum atomic E-state index is 10.4. The SMILES string of the molecule is C=C(CC)CC(O)C(C)(C)N1CCCCCC1. The Morgan fingerprint density at radius 3 is 2.24 bits per heavy atom. The Hall–Kier alpha value is -0.340. The van der Waals surface area contributed by atoms with E-state index >= 15 is 0 Å². The highest BCUT2D eigenvalue weighted by Gasteiger charge is 2.34. The summed E-state index contributed by atoms with van der Waals surface area (Å²) in [6, 6.07) is 0. The average molecular weight is 239 g/mol. The van der Waals surface area contributed by atoms with Gasteiger partial charge in [0.15, 0.2) is 0 Å². The molecule has 1 atom stereocenters. The van der Waals surface area contributed by atoms with Crippen LogP contribution in [0.4, 0.5) is 0 Å². The van der Waals surface area contributed by atoms with Gasteiger partial charge in [-0.15, -0.1) is 0 Å². The molecule has 0 aromatic heterocycles. The van der Waals surface area contributed by atoms with E-state index < -0.39 is 0 Å². The first-order valence-corrected chi connectivity index (χ1v) is 7.08. The second-order valence-electron chi connectivity index (χ2n) is 5.88. The van der Waals surface area contributed by atoms with Gasteiger partial charge in [-0.2, -0.15) is 0 Å². The Balaban J connectivity index is 2.60. The van der Waals surface area contributed by atoms with E-state index in [1.807, 2.05) is 0 Å². The summed E-state index contributed by atoms with van der Waals surface area (Å²) in [5.74, 6) is 0. The minimum atomic E-state index is -0.298. The molecular weight excluding hydrogens is 210 g/mol. The van der Waals surface area contributed by atoms with Gasteiger partial charge in [0.25, 0.3) is 0 Å². The summed E-state index contributed by atoms with van der Waals surface area (Å²) in [4.78, 5) is 2.47. The monoisotopic (exact) mass is 239 g/mol. The maximum Gasteiger partial charge on any atom is 0.0755 e. The van der Waals surface area contributed by atoms with E-state index in [9.17, 15) is 5.11 Å². The van der Waals surface area contributed by atoms with E-state index in [4.69, 9.17) is 0 Å². The lowest BCUT2D eigenvalue weighted by Crippen LogP contribution is -2.52. The number of rotatable bonds is 5. The molecule has 1 N–H and O–H groups in total. The van der Waals surface area contributed by atoms with Crippen LogP contribution in [-0.4, -0.2) is 34.7 Å². The molecule has 0 saturated carbocycles. The van der Waals surface area contributed by atoms with Crippen molar-refractivity contribution >= 4 is 0 Å². The van der Waals surface area contributed by atoms with Crippen molar-refractivity contribution in [3.8, 4) is 0 Å². The van der Waals surface area contributed by atoms with E-state index in [0.29, 0.717) is 0 Å². The summed E-state index contributed by atoms with van der Waals surface area (Å²) in [5.41, 5.74) is 1.03. The topological polar surface area (TPSA) is 23.5 Å². The molecule has 1 aliphatic rings. The van der Waals surface area contributed by atoms with Gasteiger partial charge in [0.2, 0.25) is 0 Å². The molecule has 0 amide bonds. The Bertz CT molecular complexity index is 239. The van der Waals surface area contributed by atoms with Gasteiger partial charge < -0.3 is 5.11 Å². The van der Waals surface area contributed by atoms with Gasteiger partial charge in [-0.05, 0) is 52.6 Å². The summed E-state index contributed by atoms with van der Waals surface area (Å²) in [6.45, 7) is 12.7. The summed E-state index contributed by atoms with van der Waals surface area (Å²) >= 11 is 0. The Morgan fingerprint density at radius 2 is 1.76 bits per heavy atom. The van der Waals surface area contributed by atoms with Crippen LogP contribution in [0.3, 0.4) is 0 Å². The zero-order chi connectivity index (χ0) is 12.9. The van der Waals surface area contributed by atoms with Gasteiger partial charge in [0.05, 0.1) is 6.10 Å². The van der Waals surface area contributed by atoms with Crippen LogP contribution in [0.25, 0.3) is 0 Å². The van der Waals surface area contributed by atoms with Crippen molar-refractivity contribution in [2.45, 2.75) is 70.9 Å². The predicted octanol–water partition coefficient (Wildman–Crippen LogP) is 3.36. The second kappa shape index (κ2) is 6.55. The molecule has 0 bridgehead atoms. The quantitative estimate of drug-likeness (QED) is 0.744. The molecule has 1 saturated heterocycles. The smallest absolute Gasteiger partial charge is 0.0755 e. The van der Waals surface area contributed by atoms with Crippen molar-refractivity contribution < 1.29 is 5.11 Å². The Kier molecular flexibility index (Phi) is 5.68. The predicted molar refractivity (Wildman–Crippen MR) is 74.2 cm³/mol. The van der Waals surface area contributed by atoms with Gasteiger partial charge in [0, 0.05) is 5.54 Å². The van der Waals surface area contributed by atoms with Gasteiger partial charge in [-0.3, -0.25) is 4.90 Å².